The second-order valence-corrected chi connectivity index (χ2v) is 6.65. The molecule has 1 aromatic rings. The van der Waals surface area contributed by atoms with Crippen LogP contribution in [0.2, 0.25) is 0 Å². The van der Waals surface area contributed by atoms with E-state index in [2.05, 4.69) is 19.1 Å². The first-order valence-electron chi connectivity index (χ1n) is 8.39. The van der Waals surface area contributed by atoms with Crippen LogP contribution in [0.3, 0.4) is 0 Å². The first-order chi connectivity index (χ1) is 11.0. The lowest BCUT2D eigenvalue weighted by Gasteiger charge is -2.31. The third-order valence-corrected chi connectivity index (χ3v) is 4.42. The van der Waals surface area contributed by atoms with E-state index >= 15 is 0 Å². The first kappa shape index (κ1) is 17.3. The predicted molar refractivity (Wildman–Crippen MR) is 90.1 cm³/mol. The van der Waals surface area contributed by atoms with Gasteiger partial charge in [0.15, 0.2) is 0 Å². The largest absolute Gasteiger partial charge is 0.494 e. The molecule has 1 aliphatic heterocycles. The smallest absolute Gasteiger partial charge is 0.240 e. The van der Waals surface area contributed by atoms with Gasteiger partial charge in [-0.25, -0.2) is 0 Å². The van der Waals surface area contributed by atoms with E-state index in [1.165, 1.54) is 0 Å². The molecule has 0 radical (unpaired) electrons. The van der Waals surface area contributed by atoms with Crippen LogP contribution in [0.25, 0.3) is 0 Å². The van der Waals surface area contributed by atoms with Gasteiger partial charge in [-0.05, 0) is 55.9 Å². The zero-order chi connectivity index (χ0) is 16.8. The molecule has 4 nitrogen and oxygen atoms in total. The summed E-state index contributed by atoms with van der Waals surface area (Å²) in [5.74, 6) is 0.837. The lowest BCUT2D eigenvalue weighted by Crippen LogP contribution is -2.41. The summed E-state index contributed by atoms with van der Waals surface area (Å²) in [4.78, 5) is 14.3. The van der Waals surface area contributed by atoms with Gasteiger partial charge < -0.3 is 9.64 Å². The highest BCUT2D eigenvalue weighted by Crippen LogP contribution is 2.20. The molecule has 0 N–H and O–H groups in total. The van der Waals surface area contributed by atoms with Crippen molar-refractivity contribution in [2.45, 2.75) is 40.0 Å². The number of rotatable bonds is 5. The van der Waals surface area contributed by atoms with Gasteiger partial charge in [-0.3, -0.25) is 4.79 Å². The second-order valence-electron chi connectivity index (χ2n) is 6.65. The number of hydrogen-bond acceptors (Lipinski definition) is 3. The first-order valence-corrected chi connectivity index (χ1v) is 8.39. The lowest BCUT2D eigenvalue weighted by molar-refractivity contribution is -0.135. The minimum Gasteiger partial charge on any atom is -0.494 e. The highest BCUT2D eigenvalue weighted by Gasteiger charge is 2.27. The van der Waals surface area contributed by atoms with Gasteiger partial charge in [0.05, 0.1) is 12.7 Å². The number of benzene rings is 1. The zero-order valence-corrected chi connectivity index (χ0v) is 14.3. The predicted octanol–water partition coefficient (Wildman–Crippen LogP) is 3.47. The number of nitrogens with zero attached hydrogens (tertiary/aromatic N) is 2. The van der Waals surface area contributed by atoms with Crippen molar-refractivity contribution in [1.29, 1.82) is 5.26 Å². The highest BCUT2D eigenvalue weighted by molar-refractivity contribution is 5.81. The maximum Gasteiger partial charge on any atom is 0.240 e. The molecule has 0 saturated carbocycles. The van der Waals surface area contributed by atoms with E-state index in [4.69, 9.17) is 4.74 Å². The number of amides is 1. The third kappa shape index (κ3) is 4.99. The summed E-state index contributed by atoms with van der Waals surface area (Å²) in [5.41, 5.74) is 2.30. The van der Waals surface area contributed by atoms with Crippen molar-refractivity contribution in [3.63, 3.8) is 0 Å². The Morgan fingerprint density at radius 1 is 1.30 bits per heavy atom. The van der Waals surface area contributed by atoms with E-state index in [0.29, 0.717) is 18.9 Å². The van der Waals surface area contributed by atoms with Crippen molar-refractivity contribution in [2.75, 3.05) is 19.7 Å². The molecule has 1 amide bonds. The quantitative estimate of drug-likeness (QED) is 0.836. The summed E-state index contributed by atoms with van der Waals surface area (Å²) in [6.45, 7) is 8.20. The van der Waals surface area contributed by atoms with Crippen molar-refractivity contribution < 1.29 is 9.53 Å². The molecule has 1 saturated heterocycles. The fourth-order valence-electron chi connectivity index (χ4n) is 3.00. The molecule has 1 atom stereocenters. The van der Waals surface area contributed by atoms with Crippen LogP contribution in [-0.2, 0) is 4.79 Å². The molecule has 124 valence electrons. The molecule has 23 heavy (non-hydrogen) atoms. The van der Waals surface area contributed by atoms with Crippen LogP contribution in [0.15, 0.2) is 18.2 Å². The molecular formula is C19H26N2O2. The topological polar surface area (TPSA) is 53.3 Å². The van der Waals surface area contributed by atoms with Crippen molar-refractivity contribution >= 4 is 5.91 Å². The average molecular weight is 314 g/mol. The van der Waals surface area contributed by atoms with E-state index in [1.54, 1.807) is 0 Å². The Hall–Kier alpha value is -2.02. The fraction of sp³-hybridized carbons (Fsp3) is 0.579. The molecule has 1 aromatic carbocycles. The molecule has 2 rings (SSSR count). The van der Waals surface area contributed by atoms with E-state index in [9.17, 15) is 10.1 Å². The molecule has 0 aliphatic carbocycles. The minimum absolute atomic E-state index is 0.0385. The second kappa shape index (κ2) is 8.01. The van der Waals surface area contributed by atoms with Crippen LogP contribution in [0, 0.1) is 37.0 Å². The van der Waals surface area contributed by atoms with Gasteiger partial charge >= 0.3 is 0 Å². The number of piperidine rings is 1. The number of carbonyl (C=O) groups excluding carboxylic acids is 1. The number of hydrogen-bond donors (Lipinski definition) is 0. The van der Waals surface area contributed by atoms with Crippen LogP contribution >= 0.6 is 0 Å². The molecule has 1 unspecified atom stereocenters. The van der Waals surface area contributed by atoms with E-state index in [-0.39, 0.29) is 5.91 Å². The molecule has 4 heteroatoms. The Bertz CT molecular complexity index is 563. The summed E-state index contributed by atoms with van der Waals surface area (Å²) in [6, 6.07) is 8.19. The van der Waals surface area contributed by atoms with E-state index < -0.39 is 5.92 Å². The zero-order valence-electron chi connectivity index (χ0n) is 14.3. The van der Waals surface area contributed by atoms with Crippen LogP contribution in [0.4, 0.5) is 0 Å². The summed E-state index contributed by atoms with van der Waals surface area (Å²) in [5, 5.41) is 9.31. The van der Waals surface area contributed by atoms with Gasteiger partial charge in [0.2, 0.25) is 5.91 Å². The summed E-state index contributed by atoms with van der Waals surface area (Å²) < 4.78 is 5.73. The third-order valence-electron chi connectivity index (χ3n) is 4.42. The maximum absolute atomic E-state index is 12.4. The number of carbonyl (C=O) groups is 1. The SMILES string of the molecule is Cc1cc(C)cc(OCCC(C#N)C(=O)N2CCC(C)CC2)c1. The van der Waals surface area contributed by atoms with Crippen LogP contribution in [0.5, 0.6) is 5.75 Å². The summed E-state index contributed by atoms with van der Waals surface area (Å²) in [7, 11) is 0. The molecule has 1 fully saturated rings. The number of likely N-dealkylation sites (tertiary alicyclic amines) is 1. The number of nitriles is 1. The Balaban J connectivity index is 1.85. The maximum atomic E-state index is 12.4. The highest BCUT2D eigenvalue weighted by atomic mass is 16.5. The van der Waals surface area contributed by atoms with E-state index in [1.807, 2.05) is 30.9 Å². The molecule has 0 aromatic heterocycles. The number of ether oxygens (including phenoxy) is 1. The van der Waals surface area contributed by atoms with Gasteiger partial charge in [-0.15, -0.1) is 0 Å². The Labute approximate surface area is 139 Å². The standard InChI is InChI=1S/C19H26N2O2/c1-14-4-7-21(8-5-14)19(22)17(13-20)6-9-23-18-11-15(2)10-16(3)12-18/h10-12,14,17H,4-9H2,1-3H3. The van der Waals surface area contributed by atoms with Crippen molar-refractivity contribution in [3.05, 3.63) is 29.3 Å². The normalized spacial score (nSPS) is 16.7. The Kier molecular flexibility index (Phi) is 6.04. The number of aryl methyl sites for hydroxylation is 2. The monoisotopic (exact) mass is 314 g/mol. The summed E-state index contributed by atoms with van der Waals surface area (Å²) in [6.07, 6.45) is 2.50. The average Bonchev–Trinajstić information content (AvgIpc) is 2.51. The van der Waals surface area contributed by atoms with Crippen LogP contribution < -0.4 is 4.74 Å². The molecular weight excluding hydrogens is 288 g/mol. The van der Waals surface area contributed by atoms with Gasteiger partial charge in [0, 0.05) is 19.5 Å². The fourth-order valence-corrected chi connectivity index (χ4v) is 3.00. The van der Waals surface area contributed by atoms with Gasteiger partial charge in [-0.1, -0.05) is 13.0 Å². The van der Waals surface area contributed by atoms with Crippen LogP contribution in [-0.4, -0.2) is 30.5 Å². The van der Waals surface area contributed by atoms with Crippen LogP contribution in [0.1, 0.15) is 37.3 Å². The van der Waals surface area contributed by atoms with Crippen molar-refractivity contribution in [3.8, 4) is 11.8 Å². The van der Waals surface area contributed by atoms with Crippen molar-refractivity contribution in [1.82, 2.24) is 4.90 Å². The molecule has 0 spiro atoms. The minimum atomic E-state index is -0.602. The van der Waals surface area contributed by atoms with Gasteiger partial charge in [0.1, 0.15) is 11.7 Å². The lowest BCUT2D eigenvalue weighted by atomic mass is 9.97. The van der Waals surface area contributed by atoms with Gasteiger partial charge in [-0.2, -0.15) is 5.26 Å². The van der Waals surface area contributed by atoms with Crippen molar-refractivity contribution in [2.24, 2.45) is 11.8 Å². The van der Waals surface area contributed by atoms with Gasteiger partial charge in [0.25, 0.3) is 0 Å². The van der Waals surface area contributed by atoms with E-state index in [0.717, 1.165) is 42.8 Å². The Morgan fingerprint density at radius 2 is 1.91 bits per heavy atom. The summed E-state index contributed by atoms with van der Waals surface area (Å²) >= 11 is 0. The Morgan fingerprint density at radius 3 is 2.48 bits per heavy atom. The molecule has 0 bridgehead atoms. The molecule has 1 aliphatic rings. The molecule has 1 heterocycles.